The molecule has 1 fully saturated rings. The number of hydrogen-bond donors (Lipinski definition) is 3. The second-order valence-corrected chi connectivity index (χ2v) is 6.40. The molecule has 0 radical (unpaired) electrons. The van der Waals surface area contributed by atoms with E-state index in [1.165, 1.54) is 25.6 Å². The Labute approximate surface area is 173 Å². The minimum absolute atomic E-state index is 0.0317. The van der Waals surface area contributed by atoms with Crippen molar-refractivity contribution < 1.29 is 29.2 Å². The molecule has 0 saturated carbocycles. The zero-order valence-electron chi connectivity index (χ0n) is 15.5. The fourth-order valence-corrected chi connectivity index (χ4v) is 2.88. The normalized spacial score (nSPS) is 23.6. The van der Waals surface area contributed by atoms with Crippen molar-refractivity contribution in [2.75, 3.05) is 13.7 Å². The number of hydrogen-bond acceptors (Lipinski definition) is 10. The van der Waals surface area contributed by atoms with Gasteiger partial charge in [0.2, 0.25) is 0 Å². The number of aromatic amines is 1. The van der Waals surface area contributed by atoms with Crippen molar-refractivity contribution in [1.29, 1.82) is 0 Å². The third kappa shape index (κ3) is 4.41. The van der Waals surface area contributed by atoms with E-state index in [1.54, 1.807) is 0 Å². The first-order valence-corrected chi connectivity index (χ1v) is 8.96. The first-order chi connectivity index (χ1) is 14.3. The maximum Gasteiger partial charge on any atom is 0.341 e. The predicted molar refractivity (Wildman–Crippen MR) is 101 cm³/mol. The molecule has 3 N–H and O–H groups in total. The van der Waals surface area contributed by atoms with E-state index in [0.717, 1.165) is 16.3 Å². The van der Waals surface area contributed by atoms with E-state index in [2.05, 4.69) is 15.0 Å². The fraction of sp³-hybridized carbons (Fsp3) is 0.353. The molecular formula is C17H17ClN4O8. The van der Waals surface area contributed by atoms with Crippen LogP contribution >= 0.6 is 11.6 Å². The Hall–Kier alpha value is -3.06. The van der Waals surface area contributed by atoms with E-state index < -0.39 is 48.4 Å². The summed E-state index contributed by atoms with van der Waals surface area (Å²) >= 11 is 5.47. The van der Waals surface area contributed by atoms with Gasteiger partial charge in [0.25, 0.3) is 5.56 Å². The van der Waals surface area contributed by atoms with Crippen molar-refractivity contribution >= 4 is 23.6 Å². The van der Waals surface area contributed by atoms with Crippen molar-refractivity contribution in [3.05, 3.63) is 56.1 Å². The van der Waals surface area contributed by atoms with Crippen LogP contribution in [0.3, 0.4) is 0 Å². The lowest BCUT2D eigenvalue weighted by Crippen LogP contribution is -2.38. The van der Waals surface area contributed by atoms with Gasteiger partial charge < -0.3 is 24.4 Å². The number of ether oxygens (including phenoxy) is 3. The first-order valence-electron chi connectivity index (χ1n) is 8.52. The lowest BCUT2D eigenvalue weighted by atomic mass is 10.1. The summed E-state index contributed by atoms with van der Waals surface area (Å²) in [6.45, 7) is -0.424. The molecule has 0 bridgehead atoms. The van der Waals surface area contributed by atoms with Gasteiger partial charge in [-0.1, -0.05) is 11.6 Å². The lowest BCUT2D eigenvalue weighted by molar-refractivity contribution is -0.0599. The molecule has 30 heavy (non-hydrogen) atoms. The highest BCUT2D eigenvalue weighted by Crippen LogP contribution is 2.28. The zero-order valence-corrected chi connectivity index (χ0v) is 16.2. The van der Waals surface area contributed by atoms with Gasteiger partial charge in [-0.15, -0.1) is 0 Å². The summed E-state index contributed by atoms with van der Waals surface area (Å²) in [5.74, 6) is -0.790. The van der Waals surface area contributed by atoms with E-state index in [1.807, 2.05) is 0 Å². The Morgan fingerprint density at radius 2 is 2.03 bits per heavy atom. The fourth-order valence-electron chi connectivity index (χ4n) is 2.74. The van der Waals surface area contributed by atoms with Crippen LogP contribution in [-0.4, -0.2) is 67.7 Å². The third-order valence-electron chi connectivity index (χ3n) is 4.27. The molecule has 4 atom stereocenters. The maximum absolute atomic E-state index is 12.1. The van der Waals surface area contributed by atoms with Gasteiger partial charge in [-0.2, -0.15) is 0 Å². The number of aliphatic hydroxyl groups is 2. The minimum atomic E-state index is -1.53. The van der Waals surface area contributed by atoms with Crippen LogP contribution in [0.15, 0.2) is 33.7 Å². The van der Waals surface area contributed by atoms with Gasteiger partial charge >= 0.3 is 17.7 Å². The Morgan fingerprint density at radius 1 is 1.33 bits per heavy atom. The SMILES string of the molecule is COc1ncc(C(=O)OCC2OC(n3cc(C=CCl)c(=O)[nH]c3=O)C(O)C2O)cn1. The van der Waals surface area contributed by atoms with Gasteiger partial charge in [0.15, 0.2) is 6.23 Å². The summed E-state index contributed by atoms with van der Waals surface area (Å²) in [5.41, 5.74) is -0.408. The average molecular weight is 441 g/mol. The number of nitrogens with one attached hydrogen (secondary N) is 1. The van der Waals surface area contributed by atoms with Crippen LogP contribution in [0.1, 0.15) is 22.1 Å². The van der Waals surface area contributed by atoms with Crippen LogP contribution in [0, 0.1) is 0 Å². The molecule has 3 heterocycles. The average Bonchev–Trinajstić information content (AvgIpc) is 3.02. The number of aromatic nitrogens is 4. The van der Waals surface area contributed by atoms with Crippen LogP contribution in [0.2, 0.25) is 0 Å². The largest absolute Gasteiger partial charge is 0.467 e. The molecule has 0 spiro atoms. The number of H-pyrrole nitrogens is 1. The molecule has 4 unspecified atom stereocenters. The number of aliphatic hydroxyl groups excluding tert-OH is 2. The molecule has 1 aliphatic heterocycles. The van der Waals surface area contributed by atoms with Gasteiger partial charge in [0.05, 0.1) is 18.2 Å². The van der Waals surface area contributed by atoms with Crippen molar-refractivity contribution in [2.45, 2.75) is 24.5 Å². The molecule has 0 aliphatic carbocycles. The van der Waals surface area contributed by atoms with Gasteiger partial charge in [-0.25, -0.2) is 19.6 Å². The van der Waals surface area contributed by atoms with Crippen molar-refractivity contribution in [1.82, 2.24) is 19.5 Å². The van der Waals surface area contributed by atoms with Gasteiger partial charge in [-0.3, -0.25) is 14.3 Å². The Balaban J connectivity index is 1.72. The van der Waals surface area contributed by atoms with E-state index in [4.69, 9.17) is 25.8 Å². The van der Waals surface area contributed by atoms with E-state index in [-0.39, 0.29) is 17.1 Å². The quantitative estimate of drug-likeness (QED) is 0.475. The third-order valence-corrected chi connectivity index (χ3v) is 4.40. The van der Waals surface area contributed by atoms with E-state index in [9.17, 15) is 24.6 Å². The monoisotopic (exact) mass is 440 g/mol. The number of methoxy groups -OCH3 is 1. The molecule has 2 aromatic rings. The van der Waals surface area contributed by atoms with Gasteiger partial charge in [0, 0.05) is 24.1 Å². The Bertz CT molecular complexity index is 1050. The molecule has 1 aliphatic rings. The first kappa shape index (κ1) is 21.6. The molecule has 160 valence electrons. The highest BCUT2D eigenvalue weighted by atomic mass is 35.5. The van der Waals surface area contributed by atoms with Crippen LogP contribution in [0.5, 0.6) is 6.01 Å². The smallest absolute Gasteiger partial charge is 0.341 e. The number of carbonyl (C=O) groups is 1. The Morgan fingerprint density at radius 3 is 2.67 bits per heavy atom. The van der Waals surface area contributed by atoms with Crippen molar-refractivity contribution in [3.8, 4) is 6.01 Å². The zero-order chi connectivity index (χ0) is 21.8. The van der Waals surface area contributed by atoms with Gasteiger partial charge in [0.1, 0.15) is 24.9 Å². The number of halogens is 1. The number of nitrogens with zero attached hydrogens (tertiary/aromatic N) is 3. The summed E-state index contributed by atoms with van der Waals surface area (Å²) in [7, 11) is 1.37. The summed E-state index contributed by atoms with van der Waals surface area (Å²) in [6.07, 6.45) is -0.713. The molecule has 1 saturated heterocycles. The molecule has 0 aromatic carbocycles. The van der Waals surface area contributed by atoms with Gasteiger partial charge in [-0.05, 0) is 6.08 Å². The van der Waals surface area contributed by atoms with Crippen LogP contribution in [0.4, 0.5) is 0 Å². The molecule has 13 heteroatoms. The molecule has 12 nitrogen and oxygen atoms in total. The molecule has 2 aromatic heterocycles. The van der Waals surface area contributed by atoms with Crippen molar-refractivity contribution in [2.24, 2.45) is 0 Å². The number of rotatable bonds is 6. The van der Waals surface area contributed by atoms with Crippen molar-refractivity contribution in [3.63, 3.8) is 0 Å². The number of esters is 1. The standard InChI is InChI=1S/C17H17ClN4O8/c1-28-16-19-4-9(5-20-16)15(26)29-7-10-11(23)12(24)14(30-10)22-6-8(2-3-18)13(25)21-17(22)27/h2-6,10-12,14,23-24H,7H2,1H3,(H,21,25,27). The van der Waals surface area contributed by atoms with E-state index in [0.29, 0.717) is 0 Å². The number of carbonyl (C=O) groups excluding carboxylic acids is 1. The minimum Gasteiger partial charge on any atom is -0.467 e. The topological polar surface area (TPSA) is 166 Å². The molecule has 0 amide bonds. The molecular weight excluding hydrogens is 424 g/mol. The Kier molecular flexibility index (Phi) is 6.62. The van der Waals surface area contributed by atoms with Crippen LogP contribution in [-0.2, 0) is 9.47 Å². The predicted octanol–water partition coefficient (Wildman–Crippen LogP) is -0.979. The van der Waals surface area contributed by atoms with Crippen LogP contribution in [0.25, 0.3) is 6.08 Å². The van der Waals surface area contributed by atoms with Crippen LogP contribution < -0.4 is 16.0 Å². The second kappa shape index (κ2) is 9.17. The summed E-state index contributed by atoms with van der Waals surface area (Å²) in [6, 6.07) is 0.0711. The second-order valence-electron chi connectivity index (χ2n) is 6.15. The highest BCUT2D eigenvalue weighted by molar-refractivity contribution is 6.27. The summed E-state index contributed by atoms with van der Waals surface area (Å²) in [5, 5.41) is 20.5. The van der Waals surface area contributed by atoms with E-state index >= 15 is 0 Å². The highest BCUT2D eigenvalue weighted by Gasteiger charge is 2.44. The lowest BCUT2D eigenvalue weighted by Gasteiger charge is -2.17. The summed E-state index contributed by atoms with van der Waals surface area (Å²) < 4.78 is 16.3. The maximum atomic E-state index is 12.1. The molecule has 3 rings (SSSR count). The summed E-state index contributed by atoms with van der Waals surface area (Å²) in [4.78, 5) is 45.6.